The quantitative estimate of drug-likeness (QED) is 0.652. The number of hydrogen-bond acceptors (Lipinski definition) is 3. The molecule has 24 heavy (non-hydrogen) atoms. The molecule has 3 heterocycles. The Balaban J connectivity index is 1.56. The highest BCUT2D eigenvalue weighted by Gasteiger charge is 2.32. The number of carbonyl (C=O) groups is 1. The van der Waals surface area contributed by atoms with Crippen LogP contribution in [0, 0.1) is 0 Å². The van der Waals surface area contributed by atoms with Crippen LogP contribution in [0.5, 0.6) is 0 Å². The molecule has 0 unspecified atom stereocenters. The summed E-state index contributed by atoms with van der Waals surface area (Å²) in [6, 6.07) is 16.8. The molecule has 2 nitrogen and oxygen atoms in total. The third-order valence-corrected chi connectivity index (χ3v) is 6.49. The number of rotatable bonds is 4. The van der Waals surface area contributed by atoms with E-state index in [9.17, 15) is 4.79 Å². The molecule has 0 radical (unpaired) electrons. The van der Waals surface area contributed by atoms with E-state index in [1.54, 1.807) is 11.3 Å². The molecular weight excluding hydrogens is 334 g/mol. The van der Waals surface area contributed by atoms with Crippen LogP contribution in [0.3, 0.4) is 0 Å². The van der Waals surface area contributed by atoms with Crippen molar-refractivity contribution in [3.05, 3.63) is 80.2 Å². The Bertz CT molecular complexity index is 807. The molecule has 2 aromatic heterocycles. The van der Waals surface area contributed by atoms with Crippen molar-refractivity contribution in [2.45, 2.75) is 25.3 Å². The van der Waals surface area contributed by atoms with Crippen LogP contribution in [-0.4, -0.2) is 17.4 Å². The molecule has 0 N–H and O–H groups in total. The van der Waals surface area contributed by atoms with Crippen LogP contribution in [0.2, 0.25) is 0 Å². The van der Waals surface area contributed by atoms with Crippen molar-refractivity contribution in [3.8, 4) is 0 Å². The second-order valence-corrected chi connectivity index (χ2v) is 8.02. The van der Waals surface area contributed by atoms with Gasteiger partial charge in [0.1, 0.15) is 0 Å². The predicted molar refractivity (Wildman–Crippen MR) is 101 cm³/mol. The van der Waals surface area contributed by atoms with Crippen molar-refractivity contribution >= 4 is 28.6 Å². The maximum absolute atomic E-state index is 12.9. The highest BCUT2D eigenvalue weighted by atomic mass is 32.1. The average molecular weight is 354 g/mol. The summed E-state index contributed by atoms with van der Waals surface area (Å²) in [5.74, 6) is 0.258. The molecule has 4 rings (SSSR count). The SMILES string of the molecule is O=C(CCc1ccccc1)N1CCc2sccc2[C@@H]1c1cccs1. The molecule has 1 amide bonds. The van der Waals surface area contributed by atoms with Gasteiger partial charge in [0.25, 0.3) is 0 Å². The molecule has 0 bridgehead atoms. The van der Waals surface area contributed by atoms with Crippen molar-refractivity contribution in [1.82, 2.24) is 4.90 Å². The van der Waals surface area contributed by atoms with Crippen LogP contribution in [-0.2, 0) is 17.6 Å². The minimum Gasteiger partial charge on any atom is -0.330 e. The van der Waals surface area contributed by atoms with Crippen molar-refractivity contribution in [2.75, 3.05) is 6.54 Å². The van der Waals surface area contributed by atoms with E-state index in [1.807, 2.05) is 29.5 Å². The van der Waals surface area contributed by atoms with Crippen LogP contribution in [0.25, 0.3) is 0 Å². The predicted octanol–water partition coefficient (Wildman–Crippen LogP) is 4.92. The maximum Gasteiger partial charge on any atom is 0.223 e. The zero-order chi connectivity index (χ0) is 16.4. The van der Waals surface area contributed by atoms with E-state index in [1.165, 1.54) is 20.9 Å². The Hall–Kier alpha value is -1.91. The summed E-state index contributed by atoms with van der Waals surface area (Å²) in [5, 5.41) is 4.26. The second kappa shape index (κ2) is 6.91. The van der Waals surface area contributed by atoms with Gasteiger partial charge >= 0.3 is 0 Å². The average Bonchev–Trinajstić information content (AvgIpc) is 3.31. The lowest BCUT2D eigenvalue weighted by Crippen LogP contribution is -2.39. The largest absolute Gasteiger partial charge is 0.330 e. The number of amides is 1. The van der Waals surface area contributed by atoms with Gasteiger partial charge in [-0.15, -0.1) is 22.7 Å². The Kier molecular flexibility index (Phi) is 4.50. The number of carbonyl (C=O) groups excluding carboxylic acids is 1. The lowest BCUT2D eigenvalue weighted by molar-refractivity contribution is -0.133. The first kappa shape index (κ1) is 15.6. The molecule has 4 heteroatoms. The first-order valence-electron chi connectivity index (χ1n) is 8.26. The summed E-state index contributed by atoms with van der Waals surface area (Å²) >= 11 is 3.56. The maximum atomic E-state index is 12.9. The van der Waals surface area contributed by atoms with E-state index >= 15 is 0 Å². The molecule has 3 aromatic rings. The van der Waals surface area contributed by atoms with Gasteiger partial charge in [-0.3, -0.25) is 4.79 Å². The van der Waals surface area contributed by atoms with E-state index in [4.69, 9.17) is 0 Å². The van der Waals surface area contributed by atoms with Crippen LogP contribution in [0.1, 0.15) is 33.3 Å². The fourth-order valence-corrected chi connectivity index (χ4v) is 5.14. The highest BCUT2D eigenvalue weighted by molar-refractivity contribution is 7.10. The van der Waals surface area contributed by atoms with Crippen LogP contribution >= 0.6 is 22.7 Å². The lowest BCUT2D eigenvalue weighted by atomic mass is 9.97. The van der Waals surface area contributed by atoms with Gasteiger partial charge in [0.05, 0.1) is 6.04 Å². The Morgan fingerprint density at radius 3 is 2.71 bits per heavy atom. The van der Waals surface area contributed by atoms with Gasteiger partial charge in [0.2, 0.25) is 5.91 Å². The van der Waals surface area contributed by atoms with Crippen molar-refractivity contribution < 1.29 is 4.79 Å². The number of benzene rings is 1. The van der Waals surface area contributed by atoms with Gasteiger partial charge in [-0.05, 0) is 46.9 Å². The summed E-state index contributed by atoms with van der Waals surface area (Å²) in [6.07, 6.45) is 2.36. The number of hydrogen-bond donors (Lipinski definition) is 0. The number of nitrogens with zero attached hydrogens (tertiary/aromatic N) is 1. The van der Waals surface area contributed by atoms with Gasteiger partial charge in [-0.1, -0.05) is 36.4 Å². The zero-order valence-corrected chi connectivity index (χ0v) is 15.0. The van der Waals surface area contributed by atoms with Crippen LogP contribution in [0.15, 0.2) is 59.3 Å². The molecule has 0 saturated heterocycles. The Morgan fingerprint density at radius 2 is 1.92 bits per heavy atom. The van der Waals surface area contributed by atoms with Crippen molar-refractivity contribution in [1.29, 1.82) is 0 Å². The van der Waals surface area contributed by atoms with Crippen LogP contribution < -0.4 is 0 Å². The molecule has 0 spiro atoms. The van der Waals surface area contributed by atoms with Gasteiger partial charge < -0.3 is 4.90 Å². The first-order chi connectivity index (χ1) is 11.8. The van der Waals surface area contributed by atoms with E-state index in [2.05, 4.69) is 46.0 Å². The van der Waals surface area contributed by atoms with Crippen LogP contribution in [0.4, 0.5) is 0 Å². The topological polar surface area (TPSA) is 20.3 Å². The molecule has 0 aliphatic carbocycles. The number of aryl methyl sites for hydroxylation is 1. The molecule has 0 saturated carbocycles. The normalized spacial score (nSPS) is 16.8. The summed E-state index contributed by atoms with van der Waals surface area (Å²) in [4.78, 5) is 17.7. The van der Waals surface area contributed by atoms with Crippen molar-refractivity contribution in [2.24, 2.45) is 0 Å². The lowest BCUT2D eigenvalue weighted by Gasteiger charge is -2.35. The molecule has 0 fully saturated rings. The third kappa shape index (κ3) is 3.04. The fraction of sp³-hybridized carbons (Fsp3) is 0.250. The van der Waals surface area contributed by atoms with Gasteiger partial charge in [0.15, 0.2) is 0 Å². The number of fused-ring (bicyclic) bond motifs is 1. The minimum absolute atomic E-state index is 0.100. The van der Waals surface area contributed by atoms with Crippen molar-refractivity contribution in [3.63, 3.8) is 0 Å². The van der Waals surface area contributed by atoms with E-state index < -0.39 is 0 Å². The molecule has 1 aliphatic rings. The first-order valence-corrected chi connectivity index (χ1v) is 10.0. The molecule has 1 atom stereocenters. The van der Waals surface area contributed by atoms with Gasteiger partial charge in [0, 0.05) is 22.7 Å². The molecule has 1 aliphatic heterocycles. The summed E-state index contributed by atoms with van der Waals surface area (Å²) in [5.41, 5.74) is 2.55. The van der Waals surface area contributed by atoms with Gasteiger partial charge in [-0.2, -0.15) is 0 Å². The smallest absolute Gasteiger partial charge is 0.223 e. The highest BCUT2D eigenvalue weighted by Crippen LogP contribution is 2.39. The summed E-state index contributed by atoms with van der Waals surface area (Å²) in [6.45, 7) is 0.823. The molecular formula is C20H19NOS2. The fourth-order valence-electron chi connectivity index (χ4n) is 3.38. The Morgan fingerprint density at radius 1 is 1.04 bits per heavy atom. The molecule has 122 valence electrons. The van der Waals surface area contributed by atoms with E-state index in [-0.39, 0.29) is 11.9 Å². The monoisotopic (exact) mass is 353 g/mol. The zero-order valence-electron chi connectivity index (χ0n) is 13.4. The van der Waals surface area contributed by atoms with E-state index in [0.29, 0.717) is 6.42 Å². The second-order valence-electron chi connectivity index (χ2n) is 6.04. The number of thiophene rings is 2. The summed E-state index contributed by atoms with van der Waals surface area (Å²) in [7, 11) is 0. The standard InChI is InChI=1S/C20H19NOS2/c22-19(9-8-15-5-2-1-3-6-15)21-12-10-17-16(11-14-24-17)20(21)18-7-4-13-23-18/h1-7,11,13-14,20H,8-10,12H2/t20-/m1/s1. The summed E-state index contributed by atoms with van der Waals surface area (Å²) < 4.78 is 0. The van der Waals surface area contributed by atoms with Gasteiger partial charge in [-0.25, -0.2) is 0 Å². The third-order valence-electron chi connectivity index (χ3n) is 4.57. The molecule has 1 aromatic carbocycles. The Labute approximate surface area is 150 Å². The minimum atomic E-state index is 0.100. The van der Waals surface area contributed by atoms with E-state index in [0.717, 1.165) is 19.4 Å².